The Labute approximate surface area is 171 Å². The van der Waals surface area contributed by atoms with E-state index >= 15 is 0 Å². The van der Waals surface area contributed by atoms with E-state index in [9.17, 15) is 4.79 Å². The number of aryl methyl sites for hydroxylation is 1. The van der Waals surface area contributed by atoms with Crippen LogP contribution in [0.2, 0.25) is 0 Å². The van der Waals surface area contributed by atoms with Gasteiger partial charge in [-0.15, -0.1) is 0 Å². The molecule has 5 rings (SSSR count). The Morgan fingerprint density at radius 1 is 1.17 bits per heavy atom. The molecule has 1 aromatic heterocycles. The molecule has 1 spiro atoms. The standard InChI is InChI=1S/C22H29N5O2/c28-21(18-7-8-19-20(13-18)24-25-23-19)27-10-4-9-22(16-27)15-26(11-12-29-22)14-17-5-2-1-3-6-17/h1-3,5-6,18H,4,7-16H2,(H,23,24,25). The number of aromatic amines is 1. The van der Waals surface area contributed by atoms with Gasteiger partial charge in [0.05, 0.1) is 30.1 Å². The van der Waals surface area contributed by atoms with E-state index in [0.29, 0.717) is 13.0 Å². The van der Waals surface area contributed by atoms with Crippen LogP contribution >= 0.6 is 0 Å². The summed E-state index contributed by atoms with van der Waals surface area (Å²) >= 11 is 0. The van der Waals surface area contributed by atoms with Crippen LogP contribution in [0, 0.1) is 5.92 Å². The number of nitrogens with one attached hydrogen (secondary N) is 1. The van der Waals surface area contributed by atoms with Gasteiger partial charge in [-0.2, -0.15) is 15.4 Å². The van der Waals surface area contributed by atoms with Crippen molar-refractivity contribution in [1.29, 1.82) is 0 Å². The molecule has 2 unspecified atom stereocenters. The highest BCUT2D eigenvalue weighted by atomic mass is 16.5. The molecule has 0 saturated carbocycles. The summed E-state index contributed by atoms with van der Waals surface area (Å²) in [5.74, 6) is 0.285. The number of rotatable bonds is 3. The smallest absolute Gasteiger partial charge is 0.226 e. The van der Waals surface area contributed by atoms with Crippen LogP contribution in [0.4, 0.5) is 0 Å². The summed E-state index contributed by atoms with van der Waals surface area (Å²) in [6, 6.07) is 10.6. The summed E-state index contributed by atoms with van der Waals surface area (Å²) in [5, 5.41) is 11.1. The third kappa shape index (κ3) is 3.94. The van der Waals surface area contributed by atoms with Gasteiger partial charge >= 0.3 is 0 Å². The van der Waals surface area contributed by atoms with E-state index < -0.39 is 0 Å². The number of aromatic nitrogens is 3. The molecule has 154 valence electrons. The molecule has 7 heteroatoms. The third-order valence-electron chi connectivity index (χ3n) is 6.65. The maximum absolute atomic E-state index is 13.3. The number of nitrogens with zero attached hydrogens (tertiary/aromatic N) is 4. The Balaban J connectivity index is 1.24. The number of H-pyrrole nitrogens is 1. The SMILES string of the molecule is O=C(C1CCc2n[nH]nc2C1)N1CCCC2(CN(Cc3ccccc3)CCO2)C1. The second-order valence-corrected chi connectivity index (χ2v) is 8.75. The molecule has 1 aromatic carbocycles. The number of ether oxygens (including phenoxy) is 1. The lowest BCUT2D eigenvalue weighted by Crippen LogP contribution is -2.61. The second kappa shape index (κ2) is 7.88. The van der Waals surface area contributed by atoms with Gasteiger partial charge in [-0.3, -0.25) is 9.69 Å². The van der Waals surface area contributed by atoms with Crippen molar-refractivity contribution in [1.82, 2.24) is 25.2 Å². The van der Waals surface area contributed by atoms with Gasteiger partial charge in [0.2, 0.25) is 5.91 Å². The number of morpholine rings is 1. The molecule has 1 aliphatic carbocycles. The molecule has 2 atom stereocenters. The minimum Gasteiger partial charge on any atom is -0.370 e. The molecular weight excluding hydrogens is 366 g/mol. The highest BCUT2D eigenvalue weighted by molar-refractivity contribution is 5.79. The molecule has 0 bridgehead atoms. The predicted molar refractivity (Wildman–Crippen MR) is 108 cm³/mol. The fraction of sp³-hybridized carbons (Fsp3) is 0.591. The monoisotopic (exact) mass is 395 g/mol. The molecule has 2 fully saturated rings. The first-order valence-electron chi connectivity index (χ1n) is 10.8. The number of benzene rings is 1. The summed E-state index contributed by atoms with van der Waals surface area (Å²) in [7, 11) is 0. The fourth-order valence-electron chi connectivity index (χ4n) is 5.19. The molecule has 3 heterocycles. The van der Waals surface area contributed by atoms with E-state index in [4.69, 9.17) is 4.74 Å². The molecule has 7 nitrogen and oxygen atoms in total. The average molecular weight is 396 g/mol. The van der Waals surface area contributed by atoms with E-state index in [2.05, 4.69) is 55.5 Å². The van der Waals surface area contributed by atoms with E-state index in [0.717, 1.165) is 69.9 Å². The minimum absolute atomic E-state index is 0.0202. The summed E-state index contributed by atoms with van der Waals surface area (Å²) in [6.45, 7) is 5.06. The van der Waals surface area contributed by atoms with E-state index in [-0.39, 0.29) is 17.4 Å². The number of carbonyl (C=O) groups is 1. The zero-order valence-electron chi connectivity index (χ0n) is 16.8. The number of likely N-dealkylation sites (tertiary alicyclic amines) is 1. The molecule has 1 N–H and O–H groups in total. The number of hydrogen-bond donors (Lipinski definition) is 1. The molecule has 1 amide bonds. The Hall–Kier alpha value is -2.25. The van der Waals surface area contributed by atoms with Crippen LogP contribution in [-0.2, 0) is 28.9 Å². The molecular formula is C22H29N5O2. The lowest BCUT2D eigenvalue weighted by molar-refractivity contribution is -0.161. The molecule has 2 aliphatic heterocycles. The number of carbonyl (C=O) groups excluding carboxylic acids is 1. The fourth-order valence-corrected chi connectivity index (χ4v) is 5.19. The molecule has 3 aliphatic rings. The van der Waals surface area contributed by atoms with Crippen molar-refractivity contribution in [3.63, 3.8) is 0 Å². The van der Waals surface area contributed by atoms with E-state index in [1.807, 2.05) is 0 Å². The number of fused-ring (bicyclic) bond motifs is 1. The molecule has 29 heavy (non-hydrogen) atoms. The highest BCUT2D eigenvalue weighted by Gasteiger charge is 2.43. The van der Waals surface area contributed by atoms with Crippen molar-refractivity contribution in [2.45, 2.75) is 44.2 Å². The number of piperidine rings is 1. The third-order valence-corrected chi connectivity index (χ3v) is 6.65. The lowest BCUT2D eigenvalue weighted by atomic mass is 9.86. The number of amides is 1. The Morgan fingerprint density at radius 3 is 2.93 bits per heavy atom. The summed E-state index contributed by atoms with van der Waals surface area (Å²) in [5.41, 5.74) is 3.09. The molecule has 2 saturated heterocycles. The van der Waals surface area contributed by atoms with Crippen molar-refractivity contribution < 1.29 is 9.53 Å². The number of hydrogen-bond acceptors (Lipinski definition) is 5. The average Bonchev–Trinajstić information content (AvgIpc) is 3.22. The van der Waals surface area contributed by atoms with Crippen LogP contribution in [0.15, 0.2) is 30.3 Å². The van der Waals surface area contributed by atoms with Gasteiger partial charge in [-0.1, -0.05) is 30.3 Å². The van der Waals surface area contributed by atoms with Crippen LogP contribution in [-0.4, -0.2) is 69.5 Å². The maximum Gasteiger partial charge on any atom is 0.226 e. The first-order chi connectivity index (χ1) is 14.2. The maximum atomic E-state index is 13.3. The molecule has 0 radical (unpaired) electrons. The van der Waals surface area contributed by atoms with Gasteiger partial charge in [0, 0.05) is 38.5 Å². The van der Waals surface area contributed by atoms with Crippen LogP contribution in [0.5, 0.6) is 0 Å². The second-order valence-electron chi connectivity index (χ2n) is 8.75. The zero-order valence-corrected chi connectivity index (χ0v) is 16.8. The topological polar surface area (TPSA) is 74.4 Å². The van der Waals surface area contributed by atoms with Crippen molar-refractivity contribution in [2.75, 3.05) is 32.8 Å². The largest absolute Gasteiger partial charge is 0.370 e. The summed E-state index contributed by atoms with van der Waals surface area (Å²) < 4.78 is 6.32. The van der Waals surface area contributed by atoms with Crippen molar-refractivity contribution in [3.05, 3.63) is 47.3 Å². The van der Waals surface area contributed by atoms with Crippen molar-refractivity contribution in [2.24, 2.45) is 5.92 Å². The van der Waals surface area contributed by atoms with E-state index in [1.54, 1.807) is 0 Å². The van der Waals surface area contributed by atoms with Crippen molar-refractivity contribution in [3.8, 4) is 0 Å². The van der Waals surface area contributed by atoms with Crippen LogP contribution in [0.1, 0.15) is 36.2 Å². The van der Waals surface area contributed by atoms with Gasteiger partial charge in [0.25, 0.3) is 0 Å². The first-order valence-corrected chi connectivity index (χ1v) is 10.8. The van der Waals surface area contributed by atoms with Crippen LogP contribution in [0.25, 0.3) is 0 Å². The van der Waals surface area contributed by atoms with Crippen LogP contribution < -0.4 is 0 Å². The minimum atomic E-state index is -0.228. The summed E-state index contributed by atoms with van der Waals surface area (Å²) in [6.07, 6.45) is 4.44. The van der Waals surface area contributed by atoms with Gasteiger partial charge in [-0.25, -0.2) is 0 Å². The Bertz CT molecular complexity index is 850. The van der Waals surface area contributed by atoms with E-state index in [1.165, 1.54) is 5.56 Å². The lowest BCUT2D eigenvalue weighted by Gasteiger charge is -2.48. The van der Waals surface area contributed by atoms with Crippen LogP contribution in [0.3, 0.4) is 0 Å². The normalized spacial score (nSPS) is 27.7. The Kier molecular flexibility index (Phi) is 5.09. The van der Waals surface area contributed by atoms with Gasteiger partial charge in [0.1, 0.15) is 0 Å². The Morgan fingerprint density at radius 2 is 2.03 bits per heavy atom. The quantitative estimate of drug-likeness (QED) is 0.858. The predicted octanol–water partition coefficient (Wildman–Crippen LogP) is 1.80. The van der Waals surface area contributed by atoms with Gasteiger partial charge in [-0.05, 0) is 31.2 Å². The summed E-state index contributed by atoms with van der Waals surface area (Å²) in [4.78, 5) is 17.8. The zero-order chi connectivity index (χ0) is 19.7. The van der Waals surface area contributed by atoms with Crippen molar-refractivity contribution >= 4 is 5.91 Å². The highest BCUT2D eigenvalue weighted by Crippen LogP contribution is 2.32. The first kappa shape index (κ1) is 18.8. The molecule has 2 aromatic rings. The van der Waals surface area contributed by atoms with Gasteiger partial charge in [0.15, 0.2) is 0 Å². The van der Waals surface area contributed by atoms with Gasteiger partial charge < -0.3 is 9.64 Å².